The monoisotopic (exact) mass is 410 g/mol. The summed E-state index contributed by atoms with van der Waals surface area (Å²) in [5.74, 6) is -0.293. The highest BCUT2D eigenvalue weighted by Crippen LogP contribution is 2.38. The molecule has 0 aromatic carbocycles. The van der Waals surface area contributed by atoms with Crippen LogP contribution in [-0.4, -0.2) is 19.3 Å². The zero-order valence-corrected chi connectivity index (χ0v) is 16.1. The van der Waals surface area contributed by atoms with Crippen molar-refractivity contribution in [3.8, 4) is 0 Å². The second-order valence-electron chi connectivity index (χ2n) is 7.09. The third-order valence-corrected chi connectivity index (χ3v) is 5.47. The van der Waals surface area contributed by atoms with Gasteiger partial charge in [-0.1, -0.05) is 18.5 Å². The van der Waals surface area contributed by atoms with Gasteiger partial charge < -0.3 is 4.57 Å². The van der Waals surface area contributed by atoms with Gasteiger partial charge in [-0.25, -0.2) is 0 Å². The van der Waals surface area contributed by atoms with Crippen LogP contribution in [0.5, 0.6) is 0 Å². The molecular formula is C19H18ClF3N4O. The molecule has 0 N–H and O–H groups in total. The van der Waals surface area contributed by atoms with Crippen molar-refractivity contribution in [2.45, 2.75) is 44.3 Å². The Labute approximate surface area is 163 Å². The van der Waals surface area contributed by atoms with Crippen LogP contribution in [0.2, 0.25) is 5.02 Å². The van der Waals surface area contributed by atoms with Crippen molar-refractivity contribution in [3.63, 3.8) is 0 Å². The normalized spacial score (nSPS) is 15.9. The van der Waals surface area contributed by atoms with Crippen molar-refractivity contribution in [1.29, 1.82) is 0 Å². The molecule has 0 saturated heterocycles. The lowest BCUT2D eigenvalue weighted by Gasteiger charge is -2.18. The van der Waals surface area contributed by atoms with E-state index in [9.17, 15) is 18.0 Å². The number of hydrogen-bond donors (Lipinski definition) is 0. The van der Waals surface area contributed by atoms with Crippen LogP contribution in [0.15, 0.2) is 29.3 Å². The van der Waals surface area contributed by atoms with Gasteiger partial charge in [0, 0.05) is 36.8 Å². The highest BCUT2D eigenvalue weighted by molar-refractivity contribution is 6.31. The summed E-state index contributed by atoms with van der Waals surface area (Å²) in [6.07, 6.45) is 0.927. The van der Waals surface area contributed by atoms with Crippen molar-refractivity contribution in [2.75, 3.05) is 0 Å². The molecule has 3 heterocycles. The molecule has 1 saturated carbocycles. The number of fused-ring (bicyclic) bond motifs is 1. The smallest absolute Gasteiger partial charge is 0.311 e. The summed E-state index contributed by atoms with van der Waals surface area (Å²) < 4.78 is 42.2. The van der Waals surface area contributed by atoms with E-state index in [4.69, 9.17) is 11.6 Å². The molecule has 3 aromatic rings. The van der Waals surface area contributed by atoms with Crippen LogP contribution < -0.4 is 5.56 Å². The molecule has 0 amide bonds. The Balaban J connectivity index is 1.84. The summed E-state index contributed by atoms with van der Waals surface area (Å²) in [6.45, 7) is 1.92. The topological polar surface area (TPSA) is 52.7 Å². The van der Waals surface area contributed by atoms with Gasteiger partial charge in [0.05, 0.1) is 10.7 Å². The molecule has 0 radical (unpaired) electrons. The highest BCUT2D eigenvalue weighted by atomic mass is 35.5. The minimum absolute atomic E-state index is 0.139. The van der Waals surface area contributed by atoms with E-state index in [0.29, 0.717) is 22.9 Å². The van der Waals surface area contributed by atoms with Crippen LogP contribution in [0, 0.1) is 0 Å². The van der Waals surface area contributed by atoms with Gasteiger partial charge >= 0.3 is 6.18 Å². The van der Waals surface area contributed by atoms with Crippen molar-refractivity contribution < 1.29 is 13.2 Å². The maximum Gasteiger partial charge on any atom is 0.434 e. The fraction of sp³-hybridized carbons (Fsp3) is 0.421. The number of pyridine rings is 2. The van der Waals surface area contributed by atoms with Crippen molar-refractivity contribution >= 4 is 22.5 Å². The molecular weight excluding hydrogens is 393 g/mol. The molecule has 1 atom stereocenters. The molecule has 1 aliphatic rings. The molecule has 148 valence electrons. The fourth-order valence-corrected chi connectivity index (χ4v) is 3.99. The van der Waals surface area contributed by atoms with Crippen molar-refractivity contribution in [1.82, 2.24) is 19.3 Å². The SMILES string of the molecule is CCC(c1cnc(C(F)(F)F)c(Cl)c1)c1c2ccn(C3CC3)c(=O)c2nn1C. The number of alkyl halides is 3. The Morgan fingerprint density at radius 1 is 1.36 bits per heavy atom. The average molecular weight is 411 g/mol. The van der Waals surface area contributed by atoms with Gasteiger partial charge in [-0.15, -0.1) is 0 Å². The molecule has 0 bridgehead atoms. The van der Waals surface area contributed by atoms with Crippen LogP contribution in [0.25, 0.3) is 10.9 Å². The summed E-state index contributed by atoms with van der Waals surface area (Å²) in [5.41, 5.74) is 0.443. The number of aromatic nitrogens is 4. The van der Waals surface area contributed by atoms with E-state index in [2.05, 4.69) is 10.1 Å². The molecule has 28 heavy (non-hydrogen) atoms. The molecule has 0 spiro atoms. The minimum Gasteiger partial charge on any atom is -0.311 e. The van der Waals surface area contributed by atoms with Crippen LogP contribution in [0.3, 0.4) is 0 Å². The number of aryl methyl sites for hydroxylation is 1. The highest BCUT2D eigenvalue weighted by Gasteiger charge is 2.36. The Morgan fingerprint density at radius 2 is 2.07 bits per heavy atom. The molecule has 0 aliphatic heterocycles. The van der Waals surface area contributed by atoms with E-state index in [1.165, 1.54) is 12.3 Å². The Kier molecular flexibility index (Phi) is 4.49. The molecule has 4 rings (SSSR count). The van der Waals surface area contributed by atoms with Gasteiger partial charge in [-0.3, -0.25) is 14.5 Å². The molecule has 1 unspecified atom stereocenters. The van der Waals surface area contributed by atoms with E-state index in [1.807, 2.05) is 13.0 Å². The van der Waals surface area contributed by atoms with Gasteiger partial charge in [0.1, 0.15) is 0 Å². The van der Waals surface area contributed by atoms with Crippen molar-refractivity contribution in [3.05, 3.63) is 56.9 Å². The average Bonchev–Trinajstić information content (AvgIpc) is 3.40. The fourth-order valence-electron chi connectivity index (χ4n) is 3.71. The van der Waals surface area contributed by atoms with Gasteiger partial charge in [-0.05, 0) is 37.0 Å². The molecule has 1 aliphatic carbocycles. The molecule has 5 nitrogen and oxygen atoms in total. The number of rotatable bonds is 4. The second-order valence-corrected chi connectivity index (χ2v) is 7.50. The predicted molar refractivity (Wildman–Crippen MR) is 99.6 cm³/mol. The Bertz CT molecular complexity index is 1110. The Morgan fingerprint density at radius 3 is 2.64 bits per heavy atom. The first kappa shape index (κ1) is 19.0. The maximum atomic E-state index is 13.0. The first-order chi connectivity index (χ1) is 13.2. The largest absolute Gasteiger partial charge is 0.434 e. The lowest BCUT2D eigenvalue weighted by Crippen LogP contribution is -2.18. The third kappa shape index (κ3) is 3.09. The quantitative estimate of drug-likeness (QED) is 0.627. The third-order valence-electron chi connectivity index (χ3n) is 5.18. The number of nitrogens with zero attached hydrogens (tertiary/aromatic N) is 4. The Hall–Kier alpha value is -2.35. The van der Waals surface area contributed by atoms with Crippen LogP contribution >= 0.6 is 11.6 Å². The first-order valence-electron chi connectivity index (χ1n) is 9.02. The van der Waals surface area contributed by atoms with E-state index in [-0.39, 0.29) is 17.5 Å². The van der Waals surface area contributed by atoms with E-state index in [0.717, 1.165) is 18.5 Å². The summed E-state index contributed by atoms with van der Waals surface area (Å²) in [7, 11) is 1.73. The minimum atomic E-state index is -4.61. The standard InChI is InChI=1S/C19H18ClF3N4O/c1-3-12(10-8-14(20)17(24-9-10)19(21,22)23)16-13-6-7-27(11-4-5-11)18(28)15(13)25-26(16)2/h6-9,11-12H,3-5H2,1-2H3. The van der Waals surface area contributed by atoms with Crippen LogP contribution in [0.4, 0.5) is 13.2 Å². The van der Waals surface area contributed by atoms with Gasteiger partial charge in [0.25, 0.3) is 5.56 Å². The van der Waals surface area contributed by atoms with Gasteiger partial charge in [0.15, 0.2) is 11.2 Å². The van der Waals surface area contributed by atoms with E-state index >= 15 is 0 Å². The molecule has 9 heteroatoms. The summed E-state index contributed by atoms with van der Waals surface area (Å²) in [5, 5.41) is 4.67. The summed E-state index contributed by atoms with van der Waals surface area (Å²) in [4.78, 5) is 16.3. The van der Waals surface area contributed by atoms with Gasteiger partial charge in [-0.2, -0.15) is 18.3 Å². The lowest BCUT2D eigenvalue weighted by atomic mass is 9.92. The lowest BCUT2D eigenvalue weighted by molar-refractivity contribution is -0.141. The van der Waals surface area contributed by atoms with Gasteiger partial charge in [0.2, 0.25) is 0 Å². The first-order valence-corrected chi connectivity index (χ1v) is 9.40. The van der Waals surface area contributed by atoms with E-state index < -0.39 is 16.9 Å². The zero-order valence-electron chi connectivity index (χ0n) is 15.3. The maximum absolute atomic E-state index is 13.0. The molecule has 3 aromatic heterocycles. The number of halogens is 4. The zero-order chi connectivity index (χ0) is 20.2. The van der Waals surface area contributed by atoms with Crippen LogP contribution in [-0.2, 0) is 13.2 Å². The summed E-state index contributed by atoms with van der Waals surface area (Å²) >= 11 is 5.86. The van der Waals surface area contributed by atoms with E-state index in [1.54, 1.807) is 22.5 Å². The summed E-state index contributed by atoms with van der Waals surface area (Å²) in [6, 6.07) is 3.40. The second kappa shape index (κ2) is 6.62. The molecule has 1 fully saturated rings. The van der Waals surface area contributed by atoms with Crippen molar-refractivity contribution in [2.24, 2.45) is 7.05 Å². The predicted octanol–water partition coefficient (Wildman–Crippen LogP) is 4.68. The van der Waals surface area contributed by atoms with Crippen LogP contribution in [0.1, 0.15) is 55.1 Å². The number of hydrogen-bond acceptors (Lipinski definition) is 3.